The normalized spacial score (nSPS) is 13.5. The van der Waals surface area contributed by atoms with E-state index in [2.05, 4.69) is 11.1 Å². The molecule has 0 N–H and O–H groups in total. The molecule has 6 heteroatoms. The Balaban J connectivity index is 1.43. The molecule has 128 valence electrons. The Hall–Kier alpha value is -2.52. The Bertz CT molecular complexity index is 748. The number of aromatic nitrogens is 1. The third-order valence-electron chi connectivity index (χ3n) is 3.96. The van der Waals surface area contributed by atoms with Gasteiger partial charge in [0.15, 0.2) is 0 Å². The van der Waals surface area contributed by atoms with E-state index >= 15 is 0 Å². The third kappa shape index (κ3) is 4.74. The van der Waals surface area contributed by atoms with E-state index in [0.717, 1.165) is 42.5 Å². The summed E-state index contributed by atoms with van der Waals surface area (Å²) in [5.41, 5.74) is 1.27. The molecule has 1 amide bonds. The smallest absolute Gasteiger partial charge is 0.255 e. The largest absolute Gasteiger partial charge is 0.493 e. The second-order valence-electron chi connectivity index (χ2n) is 5.72. The zero-order chi connectivity index (χ0) is 17.5. The quantitative estimate of drug-likeness (QED) is 0.588. The molecule has 25 heavy (non-hydrogen) atoms. The summed E-state index contributed by atoms with van der Waals surface area (Å²) >= 11 is 1.59. The number of pyridine rings is 1. The molecule has 1 fully saturated rings. The van der Waals surface area contributed by atoms with Crippen LogP contribution in [-0.2, 0) is 0 Å². The van der Waals surface area contributed by atoms with Gasteiger partial charge in [-0.1, -0.05) is 0 Å². The second-order valence-corrected chi connectivity index (χ2v) is 6.83. The first-order chi connectivity index (χ1) is 12.3. The lowest BCUT2D eigenvalue weighted by molar-refractivity contribution is 0.0792. The number of benzene rings is 1. The van der Waals surface area contributed by atoms with Crippen molar-refractivity contribution in [2.24, 2.45) is 0 Å². The molecule has 0 radical (unpaired) electrons. The molecule has 0 unspecified atom stereocenters. The summed E-state index contributed by atoms with van der Waals surface area (Å²) in [7, 11) is 0. The van der Waals surface area contributed by atoms with E-state index in [-0.39, 0.29) is 5.91 Å². The minimum atomic E-state index is 0.0747. The van der Waals surface area contributed by atoms with E-state index in [1.807, 2.05) is 17.0 Å². The fraction of sp³-hybridized carbons (Fsp3) is 0.316. The van der Waals surface area contributed by atoms with E-state index in [4.69, 9.17) is 10.00 Å². The number of hydrogen-bond donors (Lipinski definition) is 0. The van der Waals surface area contributed by atoms with Crippen LogP contribution in [0.25, 0.3) is 0 Å². The second kappa shape index (κ2) is 8.54. The van der Waals surface area contributed by atoms with Gasteiger partial charge in [0.2, 0.25) is 0 Å². The first kappa shape index (κ1) is 17.3. The van der Waals surface area contributed by atoms with Crippen molar-refractivity contribution in [2.45, 2.75) is 17.9 Å². The van der Waals surface area contributed by atoms with E-state index in [1.54, 1.807) is 42.2 Å². The van der Waals surface area contributed by atoms with Crippen LogP contribution in [0, 0.1) is 11.3 Å². The molecular formula is C19H19N3O2S. The summed E-state index contributed by atoms with van der Waals surface area (Å²) in [5.74, 6) is 1.58. The van der Waals surface area contributed by atoms with Gasteiger partial charge in [-0.15, -0.1) is 11.8 Å². The van der Waals surface area contributed by atoms with Crippen LogP contribution in [0.1, 0.15) is 28.8 Å². The minimum absolute atomic E-state index is 0.0747. The first-order valence-electron chi connectivity index (χ1n) is 8.27. The van der Waals surface area contributed by atoms with Crippen molar-refractivity contribution in [3.05, 3.63) is 53.7 Å². The third-order valence-corrected chi connectivity index (χ3v) is 4.87. The lowest BCUT2D eigenvalue weighted by atomic mass is 10.2. The predicted molar refractivity (Wildman–Crippen MR) is 96.8 cm³/mol. The van der Waals surface area contributed by atoms with Crippen LogP contribution in [0.3, 0.4) is 0 Å². The first-order valence-corrected chi connectivity index (χ1v) is 9.26. The molecule has 1 saturated heterocycles. The molecule has 3 rings (SSSR count). The van der Waals surface area contributed by atoms with Gasteiger partial charge in [-0.05, 0) is 49.2 Å². The van der Waals surface area contributed by atoms with Gasteiger partial charge in [0.25, 0.3) is 5.91 Å². The number of carbonyl (C=O) groups excluding carboxylic acids is 1. The molecule has 0 bridgehead atoms. The highest BCUT2D eigenvalue weighted by atomic mass is 32.2. The highest BCUT2D eigenvalue weighted by Gasteiger charge is 2.19. The Labute approximate surface area is 151 Å². The van der Waals surface area contributed by atoms with Gasteiger partial charge in [0.1, 0.15) is 5.75 Å². The van der Waals surface area contributed by atoms with Gasteiger partial charge >= 0.3 is 0 Å². The molecule has 1 aromatic carbocycles. The molecule has 5 nitrogen and oxygen atoms in total. The molecule has 0 spiro atoms. The maximum atomic E-state index is 12.3. The molecule has 0 aliphatic carbocycles. The van der Waals surface area contributed by atoms with E-state index in [0.29, 0.717) is 17.7 Å². The van der Waals surface area contributed by atoms with Crippen molar-refractivity contribution in [3.8, 4) is 11.8 Å². The number of nitriles is 1. The summed E-state index contributed by atoms with van der Waals surface area (Å²) in [4.78, 5) is 18.5. The fourth-order valence-corrected chi connectivity index (χ4v) is 3.29. The van der Waals surface area contributed by atoms with Crippen molar-refractivity contribution in [2.75, 3.05) is 25.4 Å². The molecule has 1 aromatic heterocycles. The average Bonchev–Trinajstić information content (AvgIpc) is 3.20. The number of amides is 1. The van der Waals surface area contributed by atoms with Crippen molar-refractivity contribution in [1.82, 2.24) is 9.88 Å². The van der Waals surface area contributed by atoms with Crippen molar-refractivity contribution in [1.29, 1.82) is 5.26 Å². The number of carbonyl (C=O) groups is 1. The van der Waals surface area contributed by atoms with Crippen molar-refractivity contribution in [3.63, 3.8) is 0 Å². The Morgan fingerprint density at radius 2 is 1.96 bits per heavy atom. The topological polar surface area (TPSA) is 66.2 Å². The van der Waals surface area contributed by atoms with Crippen molar-refractivity contribution < 1.29 is 9.53 Å². The van der Waals surface area contributed by atoms with Crippen LogP contribution in [0.5, 0.6) is 5.75 Å². The van der Waals surface area contributed by atoms with E-state index < -0.39 is 0 Å². The number of ether oxygens (including phenoxy) is 1. The van der Waals surface area contributed by atoms with Gasteiger partial charge < -0.3 is 9.64 Å². The van der Waals surface area contributed by atoms with Crippen LogP contribution in [0.15, 0.2) is 47.6 Å². The van der Waals surface area contributed by atoms with Crippen LogP contribution in [0.2, 0.25) is 0 Å². The summed E-state index contributed by atoms with van der Waals surface area (Å²) in [5, 5.41) is 9.64. The zero-order valence-electron chi connectivity index (χ0n) is 13.9. The lowest BCUT2D eigenvalue weighted by Crippen LogP contribution is -2.27. The molecule has 1 aliphatic rings. The highest BCUT2D eigenvalue weighted by molar-refractivity contribution is 7.99. The van der Waals surface area contributed by atoms with Crippen LogP contribution in [-0.4, -0.2) is 41.2 Å². The number of likely N-dealkylation sites (tertiary alicyclic amines) is 1. The standard InChI is InChI=1S/C19H19N3O2S/c20-13-15-3-6-17(7-4-15)24-11-12-25-18-8-5-16(14-21-18)19(23)22-9-1-2-10-22/h3-8,14H,1-2,9-12H2. The Morgan fingerprint density at radius 1 is 1.20 bits per heavy atom. The maximum Gasteiger partial charge on any atom is 0.255 e. The molecule has 2 aromatic rings. The Kier molecular flexibility index (Phi) is 5.91. The zero-order valence-corrected chi connectivity index (χ0v) is 14.7. The number of thioether (sulfide) groups is 1. The molecule has 2 heterocycles. The summed E-state index contributed by atoms with van der Waals surface area (Å²) in [6.45, 7) is 2.25. The number of hydrogen-bond acceptors (Lipinski definition) is 5. The van der Waals surface area contributed by atoms with Crippen molar-refractivity contribution >= 4 is 17.7 Å². The summed E-state index contributed by atoms with van der Waals surface area (Å²) < 4.78 is 5.64. The molecule has 1 aliphatic heterocycles. The average molecular weight is 353 g/mol. The van der Waals surface area contributed by atoms with Crippen LogP contribution < -0.4 is 4.74 Å². The van der Waals surface area contributed by atoms with E-state index in [9.17, 15) is 4.79 Å². The number of rotatable bonds is 6. The SMILES string of the molecule is N#Cc1ccc(OCCSc2ccc(C(=O)N3CCCC3)cn2)cc1. The van der Waals surface area contributed by atoms with Crippen LogP contribution in [0.4, 0.5) is 0 Å². The maximum absolute atomic E-state index is 12.3. The van der Waals surface area contributed by atoms with Gasteiger partial charge in [-0.2, -0.15) is 5.26 Å². The minimum Gasteiger partial charge on any atom is -0.493 e. The van der Waals surface area contributed by atoms with Gasteiger partial charge in [0, 0.05) is 25.0 Å². The summed E-state index contributed by atoms with van der Waals surface area (Å²) in [6, 6.07) is 12.9. The van der Waals surface area contributed by atoms with Crippen LogP contribution >= 0.6 is 11.8 Å². The number of nitrogens with zero attached hydrogens (tertiary/aromatic N) is 3. The van der Waals surface area contributed by atoms with Gasteiger partial charge in [0.05, 0.1) is 28.8 Å². The Morgan fingerprint density at radius 3 is 2.60 bits per heavy atom. The van der Waals surface area contributed by atoms with Gasteiger partial charge in [-0.3, -0.25) is 4.79 Å². The fourth-order valence-electron chi connectivity index (χ4n) is 2.63. The van der Waals surface area contributed by atoms with Gasteiger partial charge in [-0.25, -0.2) is 4.98 Å². The highest BCUT2D eigenvalue weighted by Crippen LogP contribution is 2.18. The lowest BCUT2D eigenvalue weighted by Gasteiger charge is -2.14. The monoisotopic (exact) mass is 353 g/mol. The summed E-state index contributed by atoms with van der Waals surface area (Å²) in [6.07, 6.45) is 3.84. The molecular weight excluding hydrogens is 334 g/mol. The molecule has 0 saturated carbocycles. The predicted octanol–water partition coefficient (Wildman–Crippen LogP) is 3.36. The van der Waals surface area contributed by atoms with E-state index in [1.165, 1.54) is 0 Å². The molecule has 0 atom stereocenters.